The number of likely N-dealkylation sites (tertiary alicyclic amines) is 1. The molecule has 3 heterocycles. The molecule has 2 N–H and O–H groups in total. The second kappa shape index (κ2) is 9.47. The molecule has 5 rings (SSSR count). The van der Waals surface area contributed by atoms with Gasteiger partial charge in [-0.1, -0.05) is 29.8 Å². The first kappa shape index (κ1) is 22.4. The van der Waals surface area contributed by atoms with E-state index < -0.39 is 5.60 Å². The molecule has 2 fully saturated rings. The van der Waals surface area contributed by atoms with Crippen LogP contribution in [0.3, 0.4) is 0 Å². The fourth-order valence-corrected chi connectivity index (χ4v) is 4.89. The molecule has 174 valence electrons. The minimum atomic E-state index is -0.885. The lowest BCUT2D eigenvalue weighted by Crippen LogP contribution is -2.42. The molecular formula is C26H29ClN2O4. The van der Waals surface area contributed by atoms with E-state index in [-0.39, 0.29) is 17.8 Å². The van der Waals surface area contributed by atoms with Crippen molar-refractivity contribution >= 4 is 28.5 Å². The van der Waals surface area contributed by atoms with Crippen molar-refractivity contribution in [1.82, 2.24) is 10.2 Å². The van der Waals surface area contributed by atoms with E-state index in [0.29, 0.717) is 25.0 Å². The molecule has 2 aliphatic heterocycles. The van der Waals surface area contributed by atoms with Crippen LogP contribution in [0.15, 0.2) is 52.9 Å². The number of ether oxygens (including phenoxy) is 1. The summed E-state index contributed by atoms with van der Waals surface area (Å²) in [6.07, 6.45) is 3.40. The summed E-state index contributed by atoms with van der Waals surface area (Å²) < 4.78 is 11.3. The maximum absolute atomic E-state index is 12.5. The molecule has 6 nitrogen and oxygen atoms in total. The van der Waals surface area contributed by atoms with E-state index in [4.69, 9.17) is 20.8 Å². The largest absolute Gasteiger partial charge is 0.451 e. The standard InChI is InChI=1S/C26H29ClN2O4/c27-21-6-3-18(4-7-21)17-29-11-9-26(31,10-12-29)20-5-8-23-19(14-20)15-24(33-23)25(30)28-16-22-2-1-13-32-22/h3-8,14-15,22,31H,1-2,9-13,16-17H2,(H,28,30). The van der Waals surface area contributed by atoms with Crippen molar-refractivity contribution in [2.24, 2.45) is 0 Å². The Morgan fingerprint density at radius 2 is 1.94 bits per heavy atom. The van der Waals surface area contributed by atoms with Gasteiger partial charge in [-0.2, -0.15) is 0 Å². The van der Waals surface area contributed by atoms with Crippen molar-refractivity contribution < 1.29 is 19.1 Å². The number of carbonyl (C=O) groups is 1. The Kier molecular flexibility index (Phi) is 6.43. The van der Waals surface area contributed by atoms with Crippen molar-refractivity contribution in [2.75, 3.05) is 26.2 Å². The Balaban J connectivity index is 1.22. The fourth-order valence-electron chi connectivity index (χ4n) is 4.76. The summed E-state index contributed by atoms with van der Waals surface area (Å²) in [7, 11) is 0. The zero-order valence-electron chi connectivity index (χ0n) is 18.6. The number of rotatable bonds is 6. The van der Waals surface area contributed by atoms with Gasteiger partial charge in [0.2, 0.25) is 0 Å². The van der Waals surface area contributed by atoms with Gasteiger partial charge in [0, 0.05) is 43.2 Å². The van der Waals surface area contributed by atoms with E-state index in [2.05, 4.69) is 10.2 Å². The minimum Gasteiger partial charge on any atom is -0.451 e. The highest BCUT2D eigenvalue weighted by molar-refractivity contribution is 6.30. The second-order valence-electron chi connectivity index (χ2n) is 9.14. The van der Waals surface area contributed by atoms with Crippen molar-refractivity contribution in [1.29, 1.82) is 0 Å². The first-order valence-electron chi connectivity index (χ1n) is 11.6. The predicted molar refractivity (Wildman–Crippen MR) is 127 cm³/mol. The van der Waals surface area contributed by atoms with Gasteiger partial charge in [-0.15, -0.1) is 0 Å². The molecule has 7 heteroatoms. The Morgan fingerprint density at radius 3 is 2.67 bits per heavy atom. The Labute approximate surface area is 198 Å². The second-order valence-corrected chi connectivity index (χ2v) is 9.58. The summed E-state index contributed by atoms with van der Waals surface area (Å²) in [6.45, 7) is 3.71. The Hall–Kier alpha value is -2.38. The van der Waals surface area contributed by atoms with E-state index in [0.717, 1.165) is 55.1 Å². The summed E-state index contributed by atoms with van der Waals surface area (Å²) >= 11 is 5.98. The van der Waals surface area contributed by atoms with E-state index in [1.807, 2.05) is 42.5 Å². The number of carbonyl (C=O) groups excluding carboxylic acids is 1. The number of nitrogens with one attached hydrogen (secondary N) is 1. The van der Waals surface area contributed by atoms with E-state index >= 15 is 0 Å². The molecule has 0 radical (unpaired) electrons. The van der Waals surface area contributed by atoms with Gasteiger partial charge in [0.25, 0.3) is 5.91 Å². The third-order valence-corrected chi connectivity index (χ3v) is 7.05. The molecule has 1 atom stereocenters. The number of nitrogens with zero attached hydrogens (tertiary/aromatic N) is 1. The number of fused-ring (bicyclic) bond motifs is 1. The summed E-state index contributed by atoms with van der Waals surface area (Å²) in [4.78, 5) is 14.9. The molecular weight excluding hydrogens is 440 g/mol. The number of benzene rings is 2. The molecule has 0 spiro atoms. The molecule has 2 saturated heterocycles. The summed E-state index contributed by atoms with van der Waals surface area (Å²) in [6, 6.07) is 15.4. The van der Waals surface area contributed by atoms with Crippen LogP contribution in [0.5, 0.6) is 0 Å². The summed E-state index contributed by atoms with van der Waals surface area (Å²) in [5, 5.41) is 15.8. The van der Waals surface area contributed by atoms with E-state index in [9.17, 15) is 9.90 Å². The van der Waals surface area contributed by atoms with E-state index in [1.165, 1.54) is 5.56 Å². The van der Waals surface area contributed by atoms with Gasteiger partial charge in [0.05, 0.1) is 11.7 Å². The minimum absolute atomic E-state index is 0.0877. The maximum Gasteiger partial charge on any atom is 0.287 e. The molecule has 2 aliphatic rings. The lowest BCUT2D eigenvalue weighted by Gasteiger charge is -2.38. The van der Waals surface area contributed by atoms with Crippen LogP contribution >= 0.6 is 11.6 Å². The first-order valence-corrected chi connectivity index (χ1v) is 12.0. The normalized spacial score (nSPS) is 20.8. The zero-order chi connectivity index (χ0) is 22.8. The smallest absolute Gasteiger partial charge is 0.287 e. The number of amides is 1. The van der Waals surface area contributed by atoms with E-state index in [1.54, 1.807) is 6.07 Å². The van der Waals surface area contributed by atoms with Gasteiger partial charge in [0.1, 0.15) is 5.58 Å². The molecule has 2 aromatic carbocycles. The topological polar surface area (TPSA) is 74.9 Å². The molecule has 1 amide bonds. The maximum atomic E-state index is 12.5. The molecule has 0 aliphatic carbocycles. The van der Waals surface area contributed by atoms with Crippen molar-refractivity contribution in [2.45, 2.75) is 43.9 Å². The highest BCUT2D eigenvalue weighted by atomic mass is 35.5. The summed E-state index contributed by atoms with van der Waals surface area (Å²) in [5.41, 5.74) is 1.84. The van der Waals surface area contributed by atoms with Crippen LogP contribution in [0.2, 0.25) is 5.02 Å². The third-order valence-electron chi connectivity index (χ3n) is 6.79. The van der Waals surface area contributed by atoms with Gasteiger partial charge in [-0.3, -0.25) is 9.69 Å². The average molecular weight is 469 g/mol. The van der Waals surface area contributed by atoms with Crippen molar-refractivity contribution in [3.63, 3.8) is 0 Å². The number of hydrogen-bond acceptors (Lipinski definition) is 5. The molecule has 0 bridgehead atoms. The van der Waals surface area contributed by atoms with Crippen molar-refractivity contribution in [3.8, 4) is 0 Å². The Morgan fingerprint density at radius 1 is 1.15 bits per heavy atom. The van der Waals surface area contributed by atoms with Crippen LogP contribution in [-0.4, -0.2) is 48.3 Å². The number of halogens is 1. The lowest BCUT2D eigenvalue weighted by atomic mass is 9.84. The predicted octanol–water partition coefficient (Wildman–Crippen LogP) is 4.48. The Bertz CT molecular complexity index is 1110. The lowest BCUT2D eigenvalue weighted by molar-refractivity contribution is -0.0276. The van der Waals surface area contributed by atoms with Crippen LogP contribution in [0.25, 0.3) is 11.0 Å². The molecule has 0 saturated carbocycles. The van der Waals surface area contributed by atoms with Gasteiger partial charge < -0.3 is 19.6 Å². The highest BCUT2D eigenvalue weighted by Gasteiger charge is 2.34. The van der Waals surface area contributed by atoms with Crippen LogP contribution < -0.4 is 5.32 Å². The van der Waals surface area contributed by atoms with Gasteiger partial charge in [-0.05, 0) is 67.1 Å². The van der Waals surface area contributed by atoms with Crippen LogP contribution in [0.1, 0.15) is 47.4 Å². The monoisotopic (exact) mass is 468 g/mol. The van der Waals surface area contributed by atoms with Gasteiger partial charge in [-0.25, -0.2) is 0 Å². The molecule has 1 aromatic heterocycles. The van der Waals surface area contributed by atoms with Crippen LogP contribution in [0.4, 0.5) is 0 Å². The van der Waals surface area contributed by atoms with Crippen LogP contribution in [0, 0.1) is 0 Å². The number of piperidine rings is 1. The fraction of sp³-hybridized carbons (Fsp3) is 0.423. The number of aliphatic hydroxyl groups is 1. The van der Waals surface area contributed by atoms with Gasteiger partial charge >= 0.3 is 0 Å². The first-order chi connectivity index (χ1) is 16.0. The number of hydrogen-bond donors (Lipinski definition) is 2. The van der Waals surface area contributed by atoms with Crippen LogP contribution in [-0.2, 0) is 16.9 Å². The molecule has 1 unspecified atom stereocenters. The highest BCUT2D eigenvalue weighted by Crippen LogP contribution is 2.35. The number of furan rings is 1. The molecule has 3 aromatic rings. The third kappa shape index (κ3) is 5.09. The SMILES string of the molecule is O=C(NCC1CCCO1)c1cc2cc(C3(O)CCN(Cc4ccc(Cl)cc4)CC3)ccc2o1. The van der Waals surface area contributed by atoms with Gasteiger partial charge in [0.15, 0.2) is 5.76 Å². The van der Waals surface area contributed by atoms with Crippen molar-refractivity contribution in [3.05, 3.63) is 70.4 Å². The average Bonchev–Trinajstić information content (AvgIpc) is 3.50. The summed E-state index contributed by atoms with van der Waals surface area (Å²) in [5.74, 6) is 0.0439. The molecule has 33 heavy (non-hydrogen) atoms. The zero-order valence-corrected chi connectivity index (χ0v) is 19.3. The quantitative estimate of drug-likeness (QED) is 0.558.